The monoisotopic (exact) mass is 404 g/mol. The van der Waals surface area contributed by atoms with Gasteiger partial charge in [0, 0.05) is 10.2 Å². The summed E-state index contributed by atoms with van der Waals surface area (Å²) in [7, 11) is 0. The van der Waals surface area contributed by atoms with Gasteiger partial charge in [-0.15, -0.1) is 5.10 Å². The summed E-state index contributed by atoms with van der Waals surface area (Å²) in [5, 5.41) is 19.9. The Morgan fingerprint density at radius 1 is 1.21 bits per heavy atom. The predicted molar refractivity (Wildman–Crippen MR) is 97.0 cm³/mol. The van der Waals surface area contributed by atoms with Gasteiger partial charge in [0.05, 0.1) is 11.3 Å². The van der Waals surface area contributed by atoms with E-state index in [0.29, 0.717) is 16.5 Å². The zero-order valence-electron chi connectivity index (χ0n) is 12.4. The molecule has 122 valence electrons. The van der Waals surface area contributed by atoms with Crippen LogP contribution >= 0.6 is 27.7 Å². The van der Waals surface area contributed by atoms with Crippen molar-refractivity contribution in [2.24, 2.45) is 0 Å². The van der Waals surface area contributed by atoms with Crippen LogP contribution in [0.2, 0.25) is 0 Å². The molecule has 6 nitrogen and oxygen atoms in total. The van der Waals surface area contributed by atoms with E-state index in [0.717, 1.165) is 10.2 Å². The number of phenolic OH excluding ortho intramolecular Hbond substituents is 1. The van der Waals surface area contributed by atoms with Crippen LogP contribution in [0.4, 0.5) is 5.69 Å². The molecule has 0 radical (unpaired) electrons. The van der Waals surface area contributed by atoms with Crippen molar-refractivity contribution in [1.82, 2.24) is 15.2 Å². The number of carbonyl (C=O) groups is 1. The van der Waals surface area contributed by atoms with Crippen LogP contribution in [-0.2, 0) is 4.79 Å². The zero-order chi connectivity index (χ0) is 16.9. The summed E-state index contributed by atoms with van der Waals surface area (Å²) in [6.07, 6.45) is 0. The molecular formula is C16H13BrN4O2S. The molecule has 1 heterocycles. The maximum absolute atomic E-state index is 12.0. The molecule has 0 atom stereocenters. The first-order valence-electron chi connectivity index (χ1n) is 7.01. The van der Waals surface area contributed by atoms with Gasteiger partial charge >= 0.3 is 0 Å². The average Bonchev–Trinajstić information content (AvgIpc) is 3.04. The van der Waals surface area contributed by atoms with Gasteiger partial charge in [-0.05, 0) is 36.4 Å². The smallest absolute Gasteiger partial charge is 0.234 e. The number of H-pyrrole nitrogens is 1. The van der Waals surface area contributed by atoms with E-state index < -0.39 is 0 Å². The molecule has 3 rings (SSSR count). The fourth-order valence-electron chi connectivity index (χ4n) is 1.97. The minimum Gasteiger partial charge on any atom is -0.507 e. The Kier molecular flexibility index (Phi) is 5.17. The molecule has 0 unspecified atom stereocenters. The van der Waals surface area contributed by atoms with Crippen molar-refractivity contribution in [2.75, 3.05) is 11.1 Å². The maximum Gasteiger partial charge on any atom is 0.234 e. The lowest BCUT2D eigenvalue weighted by Crippen LogP contribution is -2.13. The van der Waals surface area contributed by atoms with E-state index in [1.165, 1.54) is 11.8 Å². The Balaban J connectivity index is 1.58. The summed E-state index contributed by atoms with van der Waals surface area (Å²) >= 11 is 4.56. The number of hydrogen-bond donors (Lipinski definition) is 3. The van der Waals surface area contributed by atoms with E-state index in [1.807, 2.05) is 24.3 Å². The van der Waals surface area contributed by atoms with Gasteiger partial charge in [-0.2, -0.15) is 0 Å². The Bertz CT molecular complexity index is 851. The third kappa shape index (κ3) is 4.15. The van der Waals surface area contributed by atoms with Crippen LogP contribution in [-0.4, -0.2) is 31.9 Å². The number of benzene rings is 2. The summed E-state index contributed by atoms with van der Waals surface area (Å²) < 4.78 is 0.951. The largest absolute Gasteiger partial charge is 0.507 e. The quantitative estimate of drug-likeness (QED) is 0.564. The number of amides is 1. The lowest BCUT2D eigenvalue weighted by Gasteiger charge is -2.03. The fourth-order valence-corrected chi connectivity index (χ4v) is 2.83. The van der Waals surface area contributed by atoms with Gasteiger partial charge in [0.1, 0.15) is 5.75 Å². The number of halogens is 1. The second-order valence-electron chi connectivity index (χ2n) is 4.83. The highest BCUT2D eigenvalue weighted by Crippen LogP contribution is 2.27. The molecule has 0 aliphatic rings. The molecule has 0 fully saturated rings. The van der Waals surface area contributed by atoms with Gasteiger partial charge in [-0.25, -0.2) is 4.98 Å². The number of thioether (sulfide) groups is 1. The second kappa shape index (κ2) is 7.50. The van der Waals surface area contributed by atoms with E-state index >= 15 is 0 Å². The number of aromatic nitrogens is 3. The Hall–Kier alpha value is -2.32. The Labute approximate surface area is 150 Å². The SMILES string of the molecule is O=C(CSc1n[nH]c(-c2ccccc2O)n1)Nc1ccc(Br)cc1. The first-order chi connectivity index (χ1) is 11.6. The third-order valence-corrected chi connectivity index (χ3v) is 4.46. The summed E-state index contributed by atoms with van der Waals surface area (Å²) in [5.41, 5.74) is 1.30. The highest BCUT2D eigenvalue weighted by atomic mass is 79.9. The summed E-state index contributed by atoms with van der Waals surface area (Å²) in [6.45, 7) is 0. The molecule has 1 aromatic heterocycles. The predicted octanol–water partition coefficient (Wildman–Crippen LogP) is 3.67. The van der Waals surface area contributed by atoms with Crippen molar-refractivity contribution in [3.63, 3.8) is 0 Å². The molecule has 3 aromatic rings. The minimum absolute atomic E-state index is 0.123. The molecule has 1 amide bonds. The van der Waals surface area contributed by atoms with Crippen molar-refractivity contribution in [3.05, 3.63) is 53.0 Å². The van der Waals surface area contributed by atoms with Crippen LogP contribution in [0.5, 0.6) is 5.75 Å². The number of para-hydroxylation sites is 1. The zero-order valence-corrected chi connectivity index (χ0v) is 14.8. The van der Waals surface area contributed by atoms with Crippen molar-refractivity contribution in [1.29, 1.82) is 0 Å². The normalized spacial score (nSPS) is 10.5. The molecular weight excluding hydrogens is 392 g/mol. The molecule has 0 saturated heterocycles. The first-order valence-corrected chi connectivity index (χ1v) is 8.78. The van der Waals surface area contributed by atoms with E-state index in [2.05, 4.69) is 36.4 Å². The lowest BCUT2D eigenvalue weighted by molar-refractivity contribution is -0.113. The average molecular weight is 405 g/mol. The molecule has 0 aliphatic heterocycles. The molecule has 24 heavy (non-hydrogen) atoms. The highest BCUT2D eigenvalue weighted by molar-refractivity contribution is 9.10. The van der Waals surface area contributed by atoms with Crippen molar-refractivity contribution >= 4 is 39.3 Å². The Morgan fingerprint density at radius 2 is 1.96 bits per heavy atom. The molecule has 0 saturated carbocycles. The number of nitrogens with one attached hydrogen (secondary N) is 2. The van der Waals surface area contributed by atoms with E-state index in [4.69, 9.17) is 0 Å². The number of hydrogen-bond acceptors (Lipinski definition) is 5. The van der Waals surface area contributed by atoms with Gasteiger partial charge in [0.25, 0.3) is 0 Å². The van der Waals surface area contributed by atoms with Crippen LogP contribution < -0.4 is 5.32 Å². The summed E-state index contributed by atoms with van der Waals surface area (Å²) in [6, 6.07) is 14.2. The van der Waals surface area contributed by atoms with Crippen LogP contribution in [0.15, 0.2) is 58.2 Å². The summed E-state index contributed by atoms with van der Waals surface area (Å²) in [4.78, 5) is 16.2. The minimum atomic E-state index is -0.142. The topological polar surface area (TPSA) is 90.9 Å². The molecule has 0 bridgehead atoms. The third-order valence-electron chi connectivity index (χ3n) is 3.08. The van der Waals surface area contributed by atoms with Gasteiger partial charge in [-0.3, -0.25) is 9.89 Å². The number of anilines is 1. The lowest BCUT2D eigenvalue weighted by atomic mass is 10.2. The van der Waals surface area contributed by atoms with Crippen molar-refractivity contribution in [2.45, 2.75) is 5.16 Å². The highest BCUT2D eigenvalue weighted by Gasteiger charge is 2.11. The second-order valence-corrected chi connectivity index (χ2v) is 6.69. The van der Waals surface area contributed by atoms with Gasteiger partial charge in [0.2, 0.25) is 11.1 Å². The van der Waals surface area contributed by atoms with Gasteiger partial charge < -0.3 is 10.4 Å². The van der Waals surface area contributed by atoms with Crippen LogP contribution in [0, 0.1) is 0 Å². The van der Waals surface area contributed by atoms with Gasteiger partial charge in [0.15, 0.2) is 5.82 Å². The number of phenols is 1. The number of rotatable bonds is 5. The van der Waals surface area contributed by atoms with Gasteiger partial charge in [-0.1, -0.05) is 39.8 Å². The standard InChI is InChI=1S/C16H13BrN4O2S/c17-10-5-7-11(8-6-10)18-14(23)9-24-16-19-15(20-21-16)12-3-1-2-4-13(12)22/h1-8,22H,9H2,(H,18,23)(H,19,20,21). The van der Waals surface area contributed by atoms with Crippen molar-refractivity contribution in [3.8, 4) is 17.1 Å². The Morgan fingerprint density at radius 3 is 2.71 bits per heavy atom. The number of aromatic amines is 1. The fraction of sp³-hybridized carbons (Fsp3) is 0.0625. The maximum atomic E-state index is 12.0. The molecule has 0 aliphatic carbocycles. The van der Waals surface area contributed by atoms with Crippen LogP contribution in [0.1, 0.15) is 0 Å². The van der Waals surface area contributed by atoms with E-state index in [1.54, 1.807) is 24.3 Å². The summed E-state index contributed by atoms with van der Waals surface area (Å²) in [5.74, 6) is 0.632. The number of carbonyl (C=O) groups excluding carboxylic acids is 1. The molecule has 0 spiro atoms. The van der Waals surface area contributed by atoms with E-state index in [-0.39, 0.29) is 17.4 Å². The van der Waals surface area contributed by atoms with Crippen LogP contribution in [0.25, 0.3) is 11.4 Å². The number of aromatic hydroxyl groups is 1. The van der Waals surface area contributed by atoms with E-state index in [9.17, 15) is 9.90 Å². The first kappa shape index (κ1) is 16.5. The van der Waals surface area contributed by atoms with Crippen molar-refractivity contribution < 1.29 is 9.90 Å². The number of nitrogens with zero attached hydrogens (tertiary/aromatic N) is 2. The molecule has 2 aromatic carbocycles. The molecule has 3 N–H and O–H groups in total. The molecule has 8 heteroatoms. The van der Waals surface area contributed by atoms with Crippen LogP contribution in [0.3, 0.4) is 0 Å².